The van der Waals surface area contributed by atoms with Gasteiger partial charge in [0.15, 0.2) is 9.84 Å². The molecule has 35 heavy (non-hydrogen) atoms. The Morgan fingerprint density at radius 3 is 2.37 bits per heavy atom. The zero-order valence-corrected chi connectivity index (χ0v) is 22.6. The molecule has 7 heteroatoms. The van der Waals surface area contributed by atoms with Crippen LogP contribution >= 0.6 is 23.2 Å². The van der Waals surface area contributed by atoms with E-state index in [1.165, 1.54) is 0 Å². The van der Waals surface area contributed by atoms with Gasteiger partial charge in [0.05, 0.1) is 22.5 Å². The van der Waals surface area contributed by atoms with E-state index in [2.05, 4.69) is 6.58 Å². The Kier molecular flexibility index (Phi) is 7.71. The normalized spacial score (nSPS) is 25.9. The van der Waals surface area contributed by atoms with E-state index in [1.54, 1.807) is 6.08 Å². The zero-order chi connectivity index (χ0) is 25.4. The van der Waals surface area contributed by atoms with Crippen LogP contribution in [0.5, 0.6) is 0 Å². The molecule has 4 atom stereocenters. The summed E-state index contributed by atoms with van der Waals surface area (Å²) in [5.74, 6) is -0.111. The van der Waals surface area contributed by atoms with Gasteiger partial charge in [-0.15, -0.1) is 6.58 Å². The summed E-state index contributed by atoms with van der Waals surface area (Å²) in [5, 5.41) is 0.977. The topological polar surface area (TPSA) is 54.5 Å². The molecule has 2 aliphatic rings. The summed E-state index contributed by atoms with van der Waals surface area (Å²) in [7, 11) is -3.28. The molecular formula is C28H33Cl2NO3S. The maximum atomic E-state index is 14.2. The van der Waals surface area contributed by atoms with E-state index in [1.807, 2.05) is 67.3 Å². The molecule has 0 radical (unpaired) electrons. The minimum absolute atomic E-state index is 0.0174. The van der Waals surface area contributed by atoms with Gasteiger partial charge in [0.2, 0.25) is 5.91 Å². The standard InChI is InChI=1S/C28H33Cl2NO3S/c1-4-15-28(3)17-25(20-7-6-8-22(30)16-20)26(19-9-11-21(29)12-10-19)31(27(28)32)23(5-2)18-35(33,34)24-13-14-24/h4,6-12,16,23-26H,1,5,13-15,17-18H2,2-3H3. The average molecular weight is 535 g/mol. The highest BCUT2D eigenvalue weighted by molar-refractivity contribution is 7.92. The van der Waals surface area contributed by atoms with E-state index in [9.17, 15) is 13.2 Å². The van der Waals surface area contributed by atoms with Crippen LogP contribution in [0.2, 0.25) is 10.0 Å². The fourth-order valence-corrected chi connectivity index (χ4v) is 7.90. The lowest BCUT2D eigenvalue weighted by Crippen LogP contribution is -2.57. The number of amides is 1. The van der Waals surface area contributed by atoms with E-state index in [0.717, 1.165) is 11.1 Å². The highest BCUT2D eigenvalue weighted by Gasteiger charge is 2.52. The molecule has 4 nitrogen and oxygen atoms in total. The van der Waals surface area contributed by atoms with Crippen LogP contribution in [0.1, 0.15) is 69.0 Å². The first-order valence-electron chi connectivity index (χ1n) is 12.3. The third-order valence-electron chi connectivity index (χ3n) is 7.51. The number of carbonyl (C=O) groups is 1. The van der Waals surface area contributed by atoms with Gasteiger partial charge in [0.1, 0.15) is 0 Å². The molecule has 1 heterocycles. The van der Waals surface area contributed by atoms with Crippen molar-refractivity contribution < 1.29 is 13.2 Å². The highest BCUT2D eigenvalue weighted by atomic mass is 35.5. The molecule has 4 rings (SSSR count). The van der Waals surface area contributed by atoms with E-state index < -0.39 is 21.3 Å². The Labute approximate surface area is 219 Å². The van der Waals surface area contributed by atoms with E-state index in [0.29, 0.717) is 42.1 Å². The van der Waals surface area contributed by atoms with Gasteiger partial charge in [-0.2, -0.15) is 0 Å². The maximum Gasteiger partial charge on any atom is 0.229 e. The number of likely N-dealkylation sites (tertiary alicyclic amines) is 1. The second-order valence-electron chi connectivity index (χ2n) is 10.2. The molecule has 2 fully saturated rings. The van der Waals surface area contributed by atoms with E-state index in [4.69, 9.17) is 23.2 Å². The zero-order valence-electron chi connectivity index (χ0n) is 20.3. The number of hydrogen-bond donors (Lipinski definition) is 0. The first-order valence-corrected chi connectivity index (χ1v) is 14.7. The number of allylic oxidation sites excluding steroid dienone is 1. The lowest BCUT2D eigenvalue weighted by atomic mass is 9.67. The summed E-state index contributed by atoms with van der Waals surface area (Å²) in [6, 6.07) is 14.6. The predicted octanol–water partition coefficient (Wildman–Crippen LogP) is 6.99. The summed E-state index contributed by atoms with van der Waals surface area (Å²) in [5.41, 5.74) is 1.27. The minimum atomic E-state index is -3.28. The monoisotopic (exact) mass is 533 g/mol. The molecule has 0 spiro atoms. The fraction of sp³-hybridized carbons (Fsp3) is 0.464. The lowest BCUT2D eigenvalue weighted by molar-refractivity contribution is -0.153. The van der Waals surface area contributed by atoms with Gasteiger partial charge in [-0.05, 0) is 67.5 Å². The number of halogens is 2. The van der Waals surface area contributed by atoms with Gasteiger partial charge in [-0.25, -0.2) is 8.42 Å². The van der Waals surface area contributed by atoms with Crippen molar-refractivity contribution in [2.45, 2.75) is 69.2 Å². The number of rotatable bonds is 9. The van der Waals surface area contributed by atoms with Crippen LogP contribution in [-0.2, 0) is 14.6 Å². The molecule has 1 aliphatic carbocycles. The molecule has 1 amide bonds. The summed E-state index contributed by atoms with van der Waals surface area (Å²) in [4.78, 5) is 16.1. The van der Waals surface area contributed by atoms with Crippen LogP contribution in [0.3, 0.4) is 0 Å². The molecule has 0 N–H and O–H groups in total. The first-order chi connectivity index (χ1) is 16.6. The number of piperidine rings is 1. The Morgan fingerprint density at radius 2 is 1.80 bits per heavy atom. The third kappa shape index (κ3) is 5.47. The largest absolute Gasteiger partial charge is 0.331 e. The van der Waals surface area contributed by atoms with Crippen molar-refractivity contribution in [3.8, 4) is 0 Å². The van der Waals surface area contributed by atoms with Crippen molar-refractivity contribution in [3.63, 3.8) is 0 Å². The molecule has 0 aromatic heterocycles. The van der Waals surface area contributed by atoms with Gasteiger partial charge >= 0.3 is 0 Å². The van der Waals surface area contributed by atoms with E-state index in [-0.39, 0.29) is 28.9 Å². The molecule has 2 aromatic carbocycles. The van der Waals surface area contributed by atoms with Crippen molar-refractivity contribution in [2.24, 2.45) is 5.41 Å². The van der Waals surface area contributed by atoms with Gasteiger partial charge < -0.3 is 4.90 Å². The lowest BCUT2D eigenvalue weighted by Gasteiger charge is -2.52. The van der Waals surface area contributed by atoms with Gasteiger partial charge in [-0.3, -0.25) is 4.79 Å². The second kappa shape index (κ2) is 10.3. The van der Waals surface area contributed by atoms with Gasteiger partial charge in [0.25, 0.3) is 0 Å². The number of benzene rings is 2. The minimum Gasteiger partial charge on any atom is -0.331 e. The number of hydrogen-bond acceptors (Lipinski definition) is 3. The van der Waals surface area contributed by atoms with Crippen LogP contribution in [0.4, 0.5) is 0 Å². The Hall–Kier alpha value is -1.82. The molecule has 0 bridgehead atoms. The van der Waals surface area contributed by atoms with Crippen LogP contribution in [-0.4, -0.2) is 36.3 Å². The summed E-state index contributed by atoms with van der Waals surface area (Å²) in [6.45, 7) is 7.85. The van der Waals surface area contributed by atoms with Crippen molar-refractivity contribution in [1.82, 2.24) is 4.90 Å². The Bertz CT molecular complexity index is 1190. The van der Waals surface area contributed by atoms with Crippen molar-refractivity contribution in [3.05, 3.63) is 82.4 Å². The van der Waals surface area contributed by atoms with Crippen LogP contribution in [0.15, 0.2) is 61.2 Å². The third-order valence-corrected chi connectivity index (χ3v) is 10.3. The molecule has 188 valence electrons. The number of sulfone groups is 1. The summed E-state index contributed by atoms with van der Waals surface area (Å²) in [6.07, 6.45) is 4.88. The Morgan fingerprint density at radius 1 is 1.11 bits per heavy atom. The molecule has 1 saturated heterocycles. The first kappa shape index (κ1) is 26.2. The van der Waals surface area contributed by atoms with Crippen molar-refractivity contribution in [2.75, 3.05) is 5.75 Å². The van der Waals surface area contributed by atoms with Gasteiger partial charge in [-0.1, -0.05) is 67.4 Å². The molecule has 1 aliphatic heterocycles. The molecule has 1 saturated carbocycles. The molecule has 2 aromatic rings. The van der Waals surface area contributed by atoms with Crippen molar-refractivity contribution in [1.29, 1.82) is 0 Å². The fourth-order valence-electron chi connectivity index (χ4n) is 5.51. The Balaban J connectivity index is 1.88. The smallest absolute Gasteiger partial charge is 0.229 e. The van der Waals surface area contributed by atoms with Crippen LogP contribution in [0, 0.1) is 5.41 Å². The number of nitrogens with zero attached hydrogens (tertiary/aromatic N) is 1. The number of carbonyl (C=O) groups excluding carboxylic acids is 1. The molecule has 4 unspecified atom stereocenters. The molecular weight excluding hydrogens is 501 g/mol. The quantitative estimate of drug-likeness (QED) is 0.326. The average Bonchev–Trinajstić information content (AvgIpc) is 3.67. The predicted molar refractivity (Wildman–Crippen MR) is 144 cm³/mol. The van der Waals surface area contributed by atoms with E-state index >= 15 is 0 Å². The van der Waals surface area contributed by atoms with Gasteiger partial charge in [0, 0.05) is 22.0 Å². The van der Waals surface area contributed by atoms with Crippen molar-refractivity contribution >= 4 is 38.9 Å². The highest BCUT2D eigenvalue weighted by Crippen LogP contribution is 2.52. The summed E-state index contributed by atoms with van der Waals surface area (Å²) < 4.78 is 26.2. The second-order valence-corrected chi connectivity index (χ2v) is 13.4. The van der Waals surface area contributed by atoms with Crippen LogP contribution in [0.25, 0.3) is 0 Å². The van der Waals surface area contributed by atoms with Crippen LogP contribution < -0.4 is 0 Å². The maximum absolute atomic E-state index is 14.2. The SMILES string of the molecule is C=CCC1(C)CC(c2cccc(Cl)c2)C(c2ccc(Cl)cc2)N(C(CC)CS(=O)(=O)C2CC2)C1=O. The summed E-state index contributed by atoms with van der Waals surface area (Å²) >= 11 is 12.6.